The Morgan fingerprint density at radius 1 is 1.57 bits per heavy atom. The van der Waals surface area contributed by atoms with E-state index in [1.54, 1.807) is 12.1 Å². The van der Waals surface area contributed by atoms with Crippen LogP contribution in [0.5, 0.6) is 0 Å². The average molecular weight is 291 g/mol. The van der Waals surface area contributed by atoms with Crippen molar-refractivity contribution >= 4 is 11.4 Å². The molecule has 0 saturated carbocycles. The second-order valence-electron chi connectivity index (χ2n) is 4.88. The molecule has 1 aromatic carbocycles. The van der Waals surface area contributed by atoms with Gasteiger partial charge < -0.3 is 14.7 Å². The Labute approximate surface area is 122 Å². The summed E-state index contributed by atoms with van der Waals surface area (Å²) in [7, 11) is 0. The maximum atomic E-state index is 10.8. The van der Waals surface area contributed by atoms with Crippen molar-refractivity contribution in [3.8, 4) is 6.07 Å². The summed E-state index contributed by atoms with van der Waals surface area (Å²) in [6.07, 6.45) is 1.90. The summed E-state index contributed by atoms with van der Waals surface area (Å²) in [5.41, 5.74) is 0.677. The third kappa shape index (κ3) is 3.68. The van der Waals surface area contributed by atoms with Crippen molar-refractivity contribution in [2.24, 2.45) is 0 Å². The number of rotatable bonds is 5. The van der Waals surface area contributed by atoms with Gasteiger partial charge in [0.2, 0.25) is 0 Å². The largest absolute Gasteiger partial charge is 0.394 e. The summed E-state index contributed by atoms with van der Waals surface area (Å²) in [5, 5.41) is 28.7. The number of hydrogen-bond donors (Lipinski definition) is 1. The van der Waals surface area contributed by atoms with Crippen LogP contribution in [0.15, 0.2) is 18.2 Å². The zero-order chi connectivity index (χ0) is 15.2. The molecule has 0 aromatic heterocycles. The second-order valence-corrected chi connectivity index (χ2v) is 4.88. The molecule has 1 fully saturated rings. The Bertz CT molecular complexity index is 556. The molecule has 2 rings (SSSR count). The summed E-state index contributed by atoms with van der Waals surface area (Å²) in [4.78, 5) is 12.3. The Morgan fingerprint density at radius 2 is 2.38 bits per heavy atom. The van der Waals surface area contributed by atoms with Crippen molar-refractivity contribution in [2.45, 2.75) is 18.9 Å². The third-order valence-electron chi connectivity index (χ3n) is 3.49. The number of nitrogens with zero attached hydrogens (tertiary/aromatic N) is 3. The van der Waals surface area contributed by atoms with Gasteiger partial charge in [-0.3, -0.25) is 10.1 Å². The lowest BCUT2D eigenvalue weighted by atomic mass is 10.1. The van der Waals surface area contributed by atoms with Crippen molar-refractivity contribution in [1.82, 2.24) is 0 Å². The van der Waals surface area contributed by atoms with E-state index >= 15 is 0 Å². The third-order valence-corrected chi connectivity index (χ3v) is 3.49. The standard InChI is InChI=1S/C14H17N3O4/c15-9-11-8-12(3-4-14(11)17(19)20)16-5-1-2-13(10-16)21-7-6-18/h3-4,8,13,18H,1-2,5-7,10H2/t13-/m0/s1. The minimum absolute atomic E-state index is 0.00733. The molecule has 1 N–H and O–H groups in total. The van der Waals surface area contributed by atoms with E-state index in [1.165, 1.54) is 6.07 Å². The summed E-state index contributed by atoms with van der Waals surface area (Å²) >= 11 is 0. The average Bonchev–Trinajstić information content (AvgIpc) is 2.52. The van der Waals surface area contributed by atoms with Crippen LogP contribution in [0.1, 0.15) is 18.4 Å². The molecule has 0 bridgehead atoms. The smallest absolute Gasteiger partial charge is 0.287 e. The number of aliphatic hydroxyl groups is 1. The van der Waals surface area contributed by atoms with Crippen molar-refractivity contribution in [2.75, 3.05) is 31.2 Å². The van der Waals surface area contributed by atoms with E-state index in [9.17, 15) is 10.1 Å². The predicted molar refractivity (Wildman–Crippen MR) is 76.1 cm³/mol. The molecule has 1 aromatic rings. The van der Waals surface area contributed by atoms with Gasteiger partial charge in [0.1, 0.15) is 11.6 Å². The molecule has 0 radical (unpaired) electrons. The highest BCUT2D eigenvalue weighted by atomic mass is 16.6. The van der Waals surface area contributed by atoms with Crippen LogP contribution in [-0.2, 0) is 4.74 Å². The van der Waals surface area contributed by atoms with Crippen LogP contribution >= 0.6 is 0 Å². The van der Waals surface area contributed by atoms with E-state index in [1.807, 2.05) is 6.07 Å². The maximum absolute atomic E-state index is 10.8. The van der Waals surface area contributed by atoms with E-state index < -0.39 is 4.92 Å². The van der Waals surface area contributed by atoms with Gasteiger partial charge in [-0.05, 0) is 25.0 Å². The molecule has 7 heteroatoms. The van der Waals surface area contributed by atoms with Crippen LogP contribution in [0.25, 0.3) is 0 Å². The van der Waals surface area contributed by atoms with Gasteiger partial charge in [-0.1, -0.05) is 0 Å². The number of ether oxygens (including phenoxy) is 1. The zero-order valence-electron chi connectivity index (χ0n) is 11.6. The number of hydrogen-bond acceptors (Lipinski definition) is 6. The summed E-state index contributed by atoms with van der Waals surface area (Å²) in [6.45, 7) is 1.78. The number of benzene rings is 1. The monoisotopic (exact) mass is 291 g/mol. The fraction of sp³-hybridized carbons (Fsp3) is 0.500. The normalized spacial score (nSPS) is 18.3. The fourth-order valence-electron chi connectivity index (χ4n) is 2.50. The highest BCUT2D eigenvalue weighted by Crippen LogP contribution is 2.27. The van der Waals surface area contributed by atoms with Gasteiger partial charge in [-0.15, -0.1) is 0 Å². The molecule has 1 aliphatic heterocycles. The van der Waals surface area contributed by atoms with Gasteiger partial charge in [-0.25, -0.2) is 0 Å². The number of aliphatic hydroxyl groups excluding tert-OH is 1. The van der Waals surface area contributed by atoms with Crippen LogP contribution in [0, 0.1) is 21.4 Å². The van der Waals surface area contributed by atoms with Gasteiger partial charge in [0, 0.05) is 24.8 Å². The zero-order valence-corrected chi connectivity index (χ0v) is 11.6. The minimum atomic E-state index is -0.550. The van der Waals surface area contributed by atoms with E-state index in [2.05, 4.69) is 4.90 Å². The molecule has 112 valence electrons. The van der Waals surface area contributed by atoms with Crippen LogP contribution in [0.2, 0.25) is 0 Å². The van der Waals surface area contributed by atoms with Gasteiger partial charge in [0.05, 0.1) is 24.2 Å². The number of anilines is 1. The van der Waals surface area contributed by atoms with Gasteiger partial charge in [-0.2, -0.15) is 5.26 Å². The molecule has 0 amide bonds. The first-order valence-electron chi connectivity index (χ1n) is 6.81. The van der Waals surface area contributed by atoms with Crippen LogP contribution in [0.3, 0.4) is 0 Å². The Balaban J connectivity index is 2.14. The van der Waals surface area contributed by atoms with Gasteiger partial charge in [0.15, 0.2) is 0 Å². The molecule has 1 heterocycles. The first-order chi connectivity index (χ1) is 10.2. The SMILES string of the molecule is N#Cc1cc(N2CCC[C@H](OCCO)C2)ccc1[N+](=O)[O-]. The highest BCUT2D eigenvalue weighted by Gasteiger charge is 2.22. The summed E-state index contributed by atoms with van der Waals surface area (Å²) < 4.78 is 5.54. The van der Waals surface area contributed by atoms with Crippen LogP contribution in [-0.4, -0.2) is 42.4 Å². The first-order valence-corrected chi connectivity index (χ1v) is 6.81. The minimum Gasteiger partial charge on any atom is -0.394 e. The second kappa shape index (κ2) is 7.02. The summed E-state index contributed by atoms with van der Waals surface area (Å²) in [6, 6.07) is 6.44. The topological polar surface area (TPSA) is 99.6 Å². The van der Waals surface area contributed by atoms with Crippen molar-refractivity contribution in [1.29, 1.82) is 5.26 Å². The van der Waals surface area contributed by atoms with Crippen molar-refractivity contribution in [3.63, 3.8) is 0 Å². The molecule has 0 aliphatic carbocycles. The predicted octanol–water partition coefficient (Wildman–Crippen LogP) is 1.44. The van der Waals surface area contributed by atoms with Crippen molar-refractivity contribution in [3.05, 3.63) is 33.9 Å². The van der Waals surface area contributed by atoms with E-state index in [4.69, 9.17) is 15.1 Å². The van der Waals surface area contributed by atoms with Crippen LogP contribution < -0.4 is 4.90 Å². The molecule has 1 saturated heterocycles. The first kappa shape index (κ1) is 15.2. The lowest BCUT2D eigenvalue weighted by molar-refractivity contribution is -0.385. The molecule has 1 aliphatic rings. The molecule has 0 unspecified atom stereocenters. The number of nitro benzene ring substituents is 1. The van der Waals surface area contributed by atoms with E-state index in [-0.39, 0.29) is 24.0 Å². The molecule has 1 atom stereocenters. The Morgan fingerprint density at radius 3 is 3.05 bits per heavy atom. The maximum Gasteiger partial charge on any atom is 0.287 e. The molecule has 7 nitrogen and oxygen atoms in total. The fourth-order valence-corrected chi connectivity index (χ4v) is 2.50. The van der Waals surface area contributed by atoms with Crippen LogP contribution in [0.4, 0.5) is 11.4 Å². The number of nitriles is 1. The number of nitro groups is 1. The summed E-state index contributed by atoms with van der Waals surface area (Å²) in [5.74, 6) is 0. The molecular weight excluding hydrogens is 274 g/mol. The Kier molecular flexibility index (Phi) is 5.09. The van der Waals surface area contributed by atoms with E-state index in [0.717, 1.165) is 25.1 Å². The van der Waals surface area contributed by atoms with Gasteiger partial charge in [0.25, 0.3) is 5.69 Å². The number of piperidine rings is 1. The van der Waals surface area contributed by atoms with Crippen molar-refractivity contribution < 1.29 is 14.8 Å². The lowest BCUT2D eigenvalue weighted by Crippen LogP contribution is -2.40. The quantitative estimate of drug-likeness (QED) is 0.651. The van der Waals surface area contributed by atoms with Gasteiger partial charge >= 0.3 is 0 Å². The molecule has 21 heavy (non-hydrogen) atoms. The van der Waals surface area contributed by atoms with E-state index in [0.29, 0.717) is 13.2 Å². The Hall–Kier alpha value is -2.17. The lowest BCUT2D eigenvalue weighted by Gasteiger charge is -2.34. The molecule has 0 spiro atoms. The highest BCUT2D eigenvalue weighted by molar-refractivity contribution is 5.60. The molecular formula is C14H17N3O4.